The first-order valence-corrected chi connectivity index (χ1v) is 7.28. The van der Waals surface area contributed by atoms with Crippen molar-refractivity contribution in [2.75, 3.05) is 19.1 Å². The van der Waals surface area contributed by atoms with Gasteiger partial charge in [-0.1, -0.05) is 15.9 Å². The predicted octanol–water partition coefficient (Wildman–Crippen LogP) is 1.71. The number of benzene rings is 1. The lowest BCUT2D eigenvalue weighted by Gasteiger charge is -2.35. The minimum atomic E-state index is -2.17. The van der Waals surface area contributed by atoms with Gasteiger partial charge in [0.25, 0.3) is 11.6 Å². The Balaban J connectivity index is 2.75. The summed E-state index contributed by atoms with van der Waals surface area (Å²) in [6.45, 7) is 1.13. The van der Waals surface area contributed by atoms with Gasteiger partial charge in [-0.2, -0.15) is 0 Å². The summed E-state index contributed by atoms with van der Waals surface area (Å²) in [5, 5.41) is 10.1. The number of nitrogens with zero attached hydrogens (tertiary/aromatic N) is 1. The van der Waals surface area contributed by atoms with Gasteiger partial charge in [-0.25, -0.2) is 4.79 Å². The Bertz CT molecular complexity index is 711. The summed E-state index contributed by atoms with van der Waals surface area (Å²) in [5.74, 6) is -3.44. The summed E-state index contributed by atoms with van der Waals surface area (Å²) in [5.41, 5.74) is -2.37. The second-order valence-corrected chi connectivity index (χ2v) is 5.65. The van der Waals surface area contributed by atoms with E-state index in [0.717, 1.165) is 30.5 Å². The average Bonchev–Trinajstić information content (AvgIpc) is 2.76. The molecule has 0 aliphatic carbocycles. The van der Waals surface area contributed by atoms with Gasteiger partial charge in [-0.15, -0.1) is 0 Å². The van der Waals surface area contributed by atoms with Crippen molar-refractivity contribution < 1.29 is 29.0 Å². The number of hydrogen-bond acceptors (Lipinski definition) is 6. The molecule has 1 aliphatic rings. The van der Waals surface area contributed by atoms with Gasteiger partial charge in [-0.05, 0) is 31.2 Å². The van der Waals surface area contributed by atoms with Gasteiger partial charge in [0.15, 0.2) is 11.5 Å². The average molecular weight is 384 g/mol. The molecule has 1 aliphatic heterocycles. The van der Waals surface area contributed by atoms with Crippen LogP contribution < -0.4 is 4.90 Å². The highest BCUT2D eigenvalue weighted by Crippen LogP contribution is 2.40. The third-order valence-electron chi connectivity index (χ3n) is 3.49. The summed E-state index contributed by atoms with van der Waals surface area (Å²) in [6.07, 6.45) is 0. The number of carbonyl (C=O) groups excluding carboxylic acids is 3. The van der Waals surface area contributed by atoms with Crippen molar-refractivity contribution in [2.24, 2.45) is 0 Å². The summed E-state index contributed by atoms with van der Waals surface area (Å²) in [6, 6.07) is 6.36. The molecule has 0 aromatic heterocycles. The number of carbonyl (C=O) groups is 3. The number of aliphatic hydroxyl groups is 1. The lowest BCUT2D eigenvalue weighted by Crippen LogP contribution is -2.57. The van der Waals surface area contributed by atoms with Crippen LogP contribution in [0.4, 0.5) is 5.69 Å². The minimum Gasteiger partial charge on any atom is -0.503 e. The number of aliphatic hydroxyl groups excluding tert-OH is 1. The Morgan fingerprint density at radius 2 is 1.78 bits per heavy atom. The Morgan fingerprint density at radius 1 is 1.22 bits per heavy atom. The molecule has 0 fully saturated rings. The topological polar surface area (TPSA) is 93.1 Å². The number of amides is 1. The van der Waals surface area contributed by atoms with E-state index in [-0.39, 0.29) is 5.69 Å². The van der Waals surface area contributed by atoms with Gasteiger partial charge < -0.3 is 14.6 Å². The van der Waals surface area contributed by atoms with E-state index < -0.39 is 34.7 Å². The number of Topliss-reactive ketones (excluding diaryl/α,β-unsaturated/α-hetero) is 1. The first-order chi connectivity index (χ1) is 10.8. The van der Waals surface area contributed by atoms with E-state index in [4.69, 9.17) is 9.47 Å². The number of rotatable bonds is 4. The Morgan fingerprint density at radius 3 is 2.22 bits per heavy atom. The smallest absolute Gasteiger partial charge is 0.365 e. The molecule has 0 spiro atoms. The maximum absolute atomic E-state index is 12.5. The monoisotopic (exact) mass is 383 g/mol. The van der Waals surface area contributed by atoms with Crippen LogP contribution in [0.25, 0.3) is 0 Å². The molecule has 0 bridgehead atoms. The van der Waals surface area contributed by atoms with E-state index >= 15 is 0 Å². The molecular formula is C15H14BrNO6. The quantitative estimate of drug-likeness (QED) is 0.795. The summed E-state index contributed by atoms with van der Waals surface area (Å²) < 4.78 is 10.7. The van der Waals surface area contributed by atoms with Crippen LogP contribution in [0.1, 0.15) is 6.92 Å². The second kappa shape index (κ2) is 6.13. The molecule has 1 amide bonds. The van der Waals surface area contributed by atoms with E-state index in [1.165, 1.54) is 12.1 Å². The Kier molecular flexibility index (Phi) is 4.58. The largest absolute Gasteiger partial charge is 0.503 e. The van der Waals surface area contributed by atoms with E-state index in [1.54, 1.807) is 12.1 Å². The highest BCUT2D eigenvalue weighted by atomic mass is 79.9. The fourth-order valence-electron chi connectivity index (χ4n) is 2.53. The zero-order valence-electron chi connectivity index (χ0n) is 12.6. The molecule has 7 nitrogen and oxygen atoms in total. The molecule has 2 rings (SSSR count). The van der Waals surface area contributed by atoms with Crippen LogP contribution in [0.2, 0.25) is 0 Å². The molecule has 23 heavy (non-hydrogen) atoms. The molecule has 8 heteroatoms. The lowest BCUT2D eigenvalue weighted by molar-refractivity contribution is -0.162. The number of hydrogen-bond donors (Lipinski definition) is 1. The Hall–Kier alpha value is -2.19. The summed E-state index contributed by atoms with van der Waals surface area (Å²) in [7, 11) is 2.25. The lowest BCUT2D eigenvalue weighted by atomic mass is 9.99. The van der Waals surface area contributed by atoms with Crippen molar-refractivity contribution >= 4 is 39.3 Å². The molecule has 122 valence electrons. The molecular weight excluding hydrogens is 370 g/mol. The highest BCUT2D eigenvalue weighted by Gasteiger charge is 2.61. The van der Waals surface area contributed by atoms with E-state index in [9.17, 15) is 19.5 Å². The first-order valence-electron chi connectivity index (χ1n) is 6.49. The van der Waals surface area contributed by atoms with Gasteiger partial charge in [0.2, 0.25) is 0 Å². The summed E-state index contributed by atoms with van der Waals surface area (Å²) in [4.78, 5) is 37.7. The number of esters is 1. The van der Waals surface area contributed by atoms with Crippen LogP contribution in [0.5, 0.6) is 0 Å². The molecule has 1 atom stereocenters. The zero-order valence-corrected chi connectivity index (χ0v) is 14.2. The van der Waals surface area contributed by atoms with Crippen LogP contribution in [-0.4, -0.2) is 42.7 Å². The van der Waals surface area contributed by atoms with Crippen LogP contribution >= 0.6 is 15.9 Å². The van der Waals surface area contributed by atoms with Crippen molar-refractivity contribution in [1.29, 1.82) is 0 Å². The summed E-state index contributed by atoms with van der Waals surface area (Å²) >= 11 is 3.26. The third-order valence-corrected chi connectivity index (χ3v) is 4.02. The van der Waals surface area contributed by atoms with E-state index in [2.05, 4.69) is 15.9 Å². The van der Waals surface area contributed by atoms with E-state index in [0.29, 0.717) is 0 Å². The van der Waals surface area contributed by atoms with Gasteiger partial charge in [0.05, 0.1) is 7.11 Å². The first kappa shape index (κ1) is 17.2. The van der Waals surface area contributed by atoms with Crippen molar-refractivity contribution in [3.63, 3.8) is 0 Å². The van der Waals surface area contributed by atoms with Gasteiger partial charge in [0, 0.05) is 17.3 Å². The SMILES string of the molecule is COC(=O)[C@@]1(OC)C(C(C)=O)=C(O)C(=O)N1c1ccc(Br)cc1. The van der Waals surface area contributed by atoms with Crippen molar-refractivity contribution in [3.8, 4) is 0 Å². The fourth-order valence-corrected chi connectivity index (χ4v) is 2.80. The number of ether oxygens (including phenoxy) is 2. The zero-order chi connectivity index (χ0) is 17.4. The maximum Gasteiger partial charge on any atom is 0.365 e. The number of anilines is 1. The number of methoxy groups -OCH3 is 2. The molecule has 0 radical (unpaired) electrons. The number of halogens is 1. The standard InChI is InChI=1S/C15H14BrNO6/c1-8(18)11-12(19)13(20)17(10-6-4-9(16)5-7-10)15(11,23-3)14(21)22-2/h4-7,19H,1-3H3/t15-/m0/s1. The van der Waals surface area contributed by atoms with Crippen molar-refractivity contribution in [3.05, 3.63) is 40.1 Å². The predicted molar refractivity (Wildman–Crippen MR) is 83.7 cm³/mol. The normalized spacial score (nSPS) is 20.9. The van der Waals surface area contributed by atoms with Crippen LogP contribution in [0.3, 0.4) is 0 Å². The third kappa shape index (κ3) is 2.43. The van der Waals surface area contributed by atoms with Crippen LogP contribution in [-0.2, 0) is 23.9 Å². The van der Waals surface area contributed by atoms with Gasteiger partial charge >= 0.3 is 5.97 Å². The molecule has 0 unspecified atom stereocenters. The van der Waals surface area contributed by atoms with Gasteiger partial charge in [-0.3, -0.25) is 14.5 Å². The van der Waals surface area contributed by atoms with Crippen LogP contribution in [0, 0.1) is 0 Å². The molecule has 0 saturated carbocycles. The molecule has 1 heterocycles. The molecule has 1 aromatic carbocycles. The highest BCUT2D eigenvalue weighted by molar-refractivity contribution is 9.10. The van der Waals surface area contributed by atoms with E-state index in [1.807, 2.05) is 0 Å². The van der Waals surface area contributed by atoms with Crippen molar-refractivity contribution in [1.82, 2.24) is 0 Å². The second-order valence-electron chi connectivity index (χ2n) is 4.74. The van der Waals surface area contributed by atoms with Crippen LogP contribution in [0.15, 0.2) is 40.1 Å². The van der Waals surface area contributed by atoms with Crippen molar-refractivity contribution in [2.45, 2.75) is 12.6 Å². The number of ketones is 1. The molecule has 0 saturated heterocycles. The minimum absolute atomic E-state index is 0.258. The Labute approximate surface area is 140 Å². The molecule has 1 aromatic rings. The molecule has 1 N–H and O–H groups in total. The maximum atomic E-state index is 12.5. The fraction of sp³-hybridized carbons (Fsp3) is 0.267. The van der Waals surface area contributed by atoms with Gasteiger partial charge in [0.1, 0.15) is 5.57 Å².